The highest BCUT2D eigenvalue weighted by Crippen LogP contribution is 2.37. The lowest BCUT2D eigenvalue weighted by molar-refractivity contribution is -0.157. The number of ether oxygens (including phenoxy) is 2. The second-order valence-corrected chi connectivity index (χ2v) is 7.05. The number of hydrogen-bond acceptors (Lipinski definition) is 6. The lowest BCUT2D eigenvalue weighted by Crippen LogP contribution is -2.54. The van der Waals surface area contributed by atoms with Crippen LogP contribution < -0.4 is 0 Å². The van der Waals surface area contributed by atoms with E-state index in [-0.39, 0.29) is 26.2 Å². The van der Waals surface area contributed by atoms with E-state index in [1.54, 1.807) is 6.92 Å². The van der Waals surface area contributed by atoms with E-state index in [2.05, 4.69) is 0 Å². The van der Waals surface area contributed by atoms with E-state index in [1.807, 2.05) is 30.3 Å². The first-order valence-corrected chi connectivity index (χ1v) is 9.76. The topological polar surface area (TPSA) is 96.0 Å². The second kappa shape index (κ2) is 9.80. The Morgan fingerprint density at radius 3 is 2.42 bits per heavy atom. The van der Waals surface area contributed by atoms with Crippen molar-refractivity contribution in [1.82, 2.24) is 4.31 Å². The van der Waals surface area contributed by atoms with Crippen LogP contribution in [0.4, 0.5) is 0 Å². The van der Waals surface area contributed by atoms with E-state index in [4.69, 9.17) is 9.47 Å². The Morgan fingerprint density at radius 1 is 1.19 bits per heavy atom. The first-order chi connectivity index (χ1) is 12.5. The lowest BCUT2D eigenvalue weighted by atomic mass is 9.97. The van der Waals surface area contributed by atoms with Gasteiger partial charge in [0.05, 0.1) is 13.0 Å². The van der Waals surface area contributed by atoms with Gasteiger partial charge >= 0.3 is 11.9 Å². The third-order valence-corrected chi connectivity index (χ3v) is 5.40. The van der Waals surface area contributed by atoms with Crippen molar-refractivity contribution >= 4 is 23.2 Å². The third-order valence-electron chi connectivity index (χ3n) is 4.51. The highest BCUT2D eigenvalue weighted by atomic mass is 32.2. The van der Waals surface area contributed by atoms with Crippen molar-refractivity contribution in [3.63, 3.8) is 0 Å². The van der Waals surface area contributed by atoms with Crippen molar-refractivity contribution in [3.8, 4) is 0 Å². The monoisotopic (exact) mass is 382 g/mol. The Bertz CT molecular complexity index is 630. The minimum absolute atomic E-state index is 0.0820. The van der Waals surface area contributed by atoms with Gasteiger partial charge in [-0.3, -0.25) is 9.00 Å². The molecular formula is C18H24NO6S-. The molecule has 0 radical (unpaired) electrons. The Balaban J connectivity index is 2.10. The molecular weight excluding hydrogens is 358 g/mol. The maximum Gasteiger partial charge on any atom is 0.327 e. The summed E-state index contributed by atoms with van der Waals surface area (Å²) in [5.41, 5.74) is -0.413. The molecule has 1 atom stereocenters. The molecule has 26 heavy (non-hydrogen) atoms. The molecule has 1 aromatic carbocycles. The van der Waals surface area contributed by atoms with Crippen LogP contribution in [-0.4, -0.2) is 43.7 Å². The van der Waals surface area contributed by atoms with Crippen molar-refractivity contribution in [2.75, 3.05) is 13.2 Å². The van der Waals surface area contributed by atoms with Crippen molar-refractivity contribution in [1.29, 1.82) is 0 Å². The largest absolute Gasteiger partial charge is 0.760 e. The van der Waals surface area contributed by atoms with Gasteiger partial charge in [-0.05, 0) is 25.3 Å². The zero-order valence-corrected chi connectivity index (χ0v) is 15.7. The predicted octanol–water partition coefficient (Wildman–Crippen LogP) is 2.09. The van der Waals surface area contributed by atoms with Crippen LogP contribution in [-0.2, 0) is 36.9 Å². The Hall–Kier alpha value is -1.77. The average molecular weight is 382 g/mol. The molecule has 1 unspecified atom stereocenters. The zero-order valence-electron chi connectivity index (χ0n) is 14.8. The van der Waals surface area contributed by atoms with Crippen LogP contribution in [0, 0.1) is 0 Å². The fourth-order valence-corrected chi connectivity index (χ4v) is 4.01. The van der Waals surface area contributed by atoms with Crippen molar-refractivity contribution < 1.29 is 27.8 Å². The summed E-state index contributed by atoms with van der Waals surface area (Å²) in [6.45, 7) is 1.89. The van der Waals surface area contributed by atoms with Gasteiger partial charge in [-0.15, -0.1) is 0 Å². The molecule has 0 N–H and O–H groups in total. The molecule has 1 saturated carbocycles. The number of hydrogen-bond donors (Lipinski definition) is 0. The summed E-state index contributed by atoms with van der Waals surface area (Å²) < 4.78 is 35.0. The second-order valence-electron chi connectivity index (χ2n) is 6.17. The summed E-state index contributed by atoms with van der Waals surface area (Å²) in [4.78, 5) is 24.4. The minimum Gasteiger partial charge on any atom is -0.760 e. The Morgan fingerprint density at radius 2 is 1.85 bits per heavy atom. The molecule has 0 aromatic heterocycles. The fourth-order valence-electron chi connectivity index (χ4n) is 3.23. The normalized spacial score (nSPS) is 17.0. The number of carbonyl (C=O) groups excluding carboxylic acids is 2. The maximum absolute atomic E-state index is 12.8. The van der Waals surface area contributed by atoms with Crippen LogP contribution in [0.1, 0.15) is 44.6 Å². The highest BCUT2D eigenvalue weighted by molar-refractivity contribution is 7.76. The lowest BCUT2D eigenvalue weighted by Gasteiger charge is -2.39. The first kappa shape index (κ1) is 20.5. The summed E-state index contributed by atoms with van der Waals surface area (Å²) in [7, 11) is 0. The highest BCUT2D eigenvalue weighted by Gasteiger charge is 2.48. The SMILES string of the molecule is CCOC(=O)CCN(S(=O)[O-])C1(C(=O)OCc2ccccc2)CCCC1. The van der Waals surface area contributed by atoms with E-state index in [0.717, 1.165) is 22.7 Å². The number of rotatable bonds is 9. The van der Waals surface area contributed by atoms with E-state index in [9.17, 15) is 18.4 Å². The van der Waals surface area contributed by atoms with Gasteiger partial charge in [-0.25, -0.2) is 9.10 Å². The molecule has 0 saturated heterocycles. The molecule has 1 aliphatic rings. The molecule has 8 heteroatoms. The fraction of sp³-hybridized carbons (Fsp3) is 0.556. The van der Waals surface area contributed by atoms with Gasteiger partial charge in [0.15, 0.2) is 0 Å². The van der Waals surface area contributed by atoms with E-state index in [1.165, 1.54) is 0 Å². The number of benzene rings is 1. The molecule has 0 aliphatic heterocycles. The van der Waals surface area contributed by atoms with Crippen LogP contribution in [0.2, 0.25) is 0 Å². The minimum atomic E-state index is -2.65. The quantitative estimate of drug-likeness (QED) is 0.479. The standard InChI is InChI=1S/C18H25NO6S/c1-2-24-16(20)10-13-19(26(22)23)18(11-6-7-12-18)17(21)25-14-15-8-4-3-5-9-15/h3-5,8-9H,2,6-7,10-14H2,1H3,(H,22,23)/p-1. The van der Waals surface area contributed by atoms with Crippen molar-refractivity contribution in [2.45, 2.75) is 51.2 Å². The molecule has 0 spiro atoms. The van der Waals surface area contributed by atoms with Gasteiger partial charge in [0.25, 0.3) is 0 Å². The molecule has 0 bridgehead atoms. The summed E-state index contributed by atoms with van der Waals surface area (Å²) in [5.74, 6) is -1.05. The molecule has 1 aliphatic carbocycles. The van der Waals surface area contributed by atoms with Gasteiger partial charge in [0.1, 0.15) is 12.1 Å². The average Bonchev–Trinajstić information content (AvgIpc) is 3.11. The summed E-state index contributed by atoms with van der Waals surface area (Å²) >= 11 is -2.65. The Labute approximate surface area is 156 Å². The summed E-state index contributed by atoms with van der Waals surface area (Å²) in [6, 6.07) is 9.21. The molecule has 7 nitrogen and oxygen atoms in total. The smallest absolute Gasteiger partial charge is 0.327 e. The van der Waals surface area contributed by atoms with Gasteiger partial charge in [-0.1, -0.05) is 43.2 Å². The number of esters is 2. The molecule has 1 fully saturated rings. The zero-order chi connectivity index (χ0) is 19.0. The summed E-state index contributed by atoms with van der Waals surface area (Å²) in [6.07, 6.45) is 2.13. The third kappa shape index (κ3) is 5.12. The van der Waals surface area contributed by atoms with E-state index < -0.39 is 28.7 Å². The Kier molecular flexibility index (Phi) is 7.74. The molecule has 0 amide bonds. The van der Waals surface area contributed by atoms with Crippen LogP contribution in [0.25, 0.3) is 0 Å². The van der Waals surface area contributed by atoms with Gasteiger partial charge in [-0.2, -0.15) is 0 Å². The molecule has 2 rings (SSSR count). The van der Waals surface area contributed by atoms with Crippen LogP contribution in [0.15, 0.2) is 30.3 Å². The van der Waals surface area contributed by atoms with Crippen LogP contribution >= 0.6 is 0 Å². The van der Waals surface area contributed by atoms with E-state index >= 15 is 0 Å². The van der Waals surface area contributed by atoms with Gasteiger partial charge in [0, 0.05) is 17.8 Å². The van der Waals surface area contributed by atoms with Gasteiger partial charge < -0.3 is 14.0 Å². The molecule has 0 heterocycles. The van der Waals surface area contributed by atoms with Crippen LogP contribution in [0.3, 0.4) is 0 Å². The van der Waals surface area contributed by atoms with Gasteiger partial charge in [0.2, 0.25) is 0 Å². The number of carbonyl (C=O) groups is 2. The molecule has 1 aromatic rings. The molecule has 144 valence electrons. The summed E-state index contributed by atoms with van der Waals surface area (Å²) in [5, 5.41) is 0. The maximum atomic E-state index is 12.8. The van der Waals surface area contributed by atoms with Crippen molar-refractivity contribution in [2.24, 2.45) is 0 Å². The predicted molar refractivity (Wildman–Crippen MR) is 94.3 cm³/mol. The van der Waals surface area contributed by atoms with Crippen LogP contribution in [0.5, 0.6) is 0 Å². The van der Waals surface area contributed by atoms with E-state index in [0.29, 0.717) is 12.8 Å². The number of nitrogens with zero attached hydrogens (tertiary/aromatic N) is 1. The van der Waals surface area contributed by atoms with Crippen molar-refractivity contribution in [3.05, 3.63) is 35.9 Å². The first-order valence-electron chi connectivity index (χ1n) is 8.73.